The Bertz CT molecular complexity index is 1390. The smallest absolute Gasteiger partial charge is 0.790 e. The molecule has 0 aliphatic carbocycles. The van der Waals surface area contributed by atoms with Crippen molar-refractivity contribution in [3.8, 4) is 83.4 Å². The Morgan fingerprint density at radius 1 is 0.795 bits per heavy atom. The first-order valence-electron chi connectivity index (χ1n) is 12.8. The van der Waals surface area contributed by atoms with E-state index in [0.29, 0.717) is 6.42 Å². The van der Waals surface area contributed by atoms with Gasteiger partial charge in [0.05, 0.1) is 14.4 Å². The molecule has 0 rings (SSSR count). The Labute approximate surface area is 324 Å². The number of rotatable bonds is 15. The van der Waals surface area contributed by atoms with Crippen molar-refractivity contribution in [1.82, 2.24) is 0 Å². The summed E-state index contributed by atoms with van der Waals surface area (Å²) in [5, 5.41) is 0. The van der Waals surface area contributed by atoms with Gasteiger partial charge in [-0.3, -0.25) is 9.59 Å². The van der Waals surface area contributed by atoms with Gasteiger partial charge in [-0.05, 0) is 77.5 Å². The van der Waals surface area contributed by atoms with Crippen molar-refractivity contribution in [2.45, 2.75) is 77.7 Å². The van der Waals surface area contributed by atoms with Crippen LogP contribution < -0.4 is 74.6 Å². The van der Waals surface area contributed by atoms with Crippen molar-refractivity contribution in [3.05, 3.63) is 0 Å². The van der Waals surface area contributed by atoms with Gasteiger partial charge in [-0.2, -0.15) is 0 Å². The van der Waals surface area contributed by atoms with Gasteiger partial charge in [0.15, 0.2) is 6.10 Å². The molecule has 10 nitrogen and oxygen atoms in total. The third kappa shape index (κ3) is 43.9. The largest absolute Gasteiger partial charge is 1.00 e. The molecule has 44 heavy (non-hydrogen) atoms. The monoisotopic (exact) mass is 665 g/mol. The third-order valence-electron chi connectivity index (χ3n) is 4.21. The second kappa shape index (κ2) is 34.9. The molecule has 0 aliphatic heterocycles. The van der Waals surface area contributed by atoms with Crippen LogP contribution in [0.15, 0.2) is 0 Å². The van der Waals surface area contributed by atoms with Crippen LogP contribution in [0.4, 0.5) is 0 Å². The first kappa shape index (κ1) is 48.3. The second-order valence-corrected chi connectivity index (χ2v) is 9.09. The van der Waals surface area contributed by atoms with Crippen LogP contribution in [0, 0.1) is 83.4 Å². The van der Waals surface area contributed by atoms with E-state index < -0.39 is 39.1 Å². The molecule has 0 fully saturated rings. The average Bonchev–Trinajstić information content (AvgIpc) is 2.91. The zero-order valence-corrected chi connectivity index (χ0v) is 30.5. The minimum atomic E-state index is -5.32. The second-order valence-electron chi connectivity index (χ2n) is 7.93. The Kier molecular flexibility index (Phi) is 38.4. The maximum atomic E-state index is 12.1. The number of phosphoric ester groups is 1. The summed E-state index contributed by atoms with van der Waals surface area (Å²) >= 11 is 0. The van der Waals surface area contributed by atoms with E-state index in [0.717, 1.165) is 25.7 Å². The van der Waals surface area contributed by atoms with E-state index in [9.17, 15) is 28.7 Å². The molecule has 2 N–H and O–H groups in total. The van der Waals surface area contributed by atoms with Crippen molar-refractivity contribution in [3.63, 3.8) is 0 Å². The number of carbonyl (C=O) groups excluding carboxylic acids is 3. The maximum absolute atomic E-state index is 12.1. The molecule has 0 radical (unpaired) electrons. The average molecular weight is 666 g/mol. The van der Waals surface area contributed by atoms with Crippen molar-refractivity contribution < 1.29 is 120 Å². The van der Waals surface area contributed by atoms with Gasteiger partial charge in [-0.25, -0.2) is 4.79 Å². The molecule has 1 amide bonds. The summed E-state index contributed by atoms with van der Waals surface area (Å²) in [6, 6.07) is 0. The van der Waals surface area contributed by atoms with Crippen molar-refractivity contribution in [1.29, 1.82) is 0 Å². The number of unbranched alkanes of at least 4 members (excludes halogenated alkanes) is 7. The topological polar surface area (TPSA) is 168 Å². The summed E-state index contributed by atoms with van der Waals surface area (Å²) in [7, 11) is -5.32. The molecule has 0 saturated heterocycles. The summed E-state index contributed by atoms with van der Waals surface area (Å²) in [5.74, 6) is 28.0. The number of carbonyl (C=O) groups is 3. The Balaban J connectivity index is -0.0000000534. The van der Waals surface area contributed by atoms with Crippen molar-refractivity contribution >= 4 is 25.7 Å². The van der Waals surface area contributed by atoms with E-state index in [1.54, 1.807) is 0 Å². The number of nitrogens with two attached hydrogens (primary N) is 1. The van der Waals surface area contributed by atoms with Gasteiger partial charge in [-0.15, -0.1) is 6.42 Å². The summed E-state index contributed by atoms with van der Waals surface area (Å²) < 4.78 is 24.9. The standard InChI is InChI=1S/C29H29O8P.C2H5NO.2Na.13H2/c1-3-5-7-9-11-13-14-15-16-18-19-21-23-28(30)35-25-27(26-36-38(32,33)34)37-29(31)24-22-20-17-12-10-8-6-4-2;1-2(3)4;;;;;;;;;;;;;;;/h1,27H,4,6,8,10,12,17,20,22,24-26H2,2H3,(H2,32,33,34);1H3,(H2,3,4);;;13*1H/q;;2*+1;;;;;;;;;;;;;/p-2/t27-;;;;;;;;;;;;;;;;/m1................/s1. The molecule has 0 spiro atoms. The predicted octanol–water partition coefficient (Wildman–Crippen LogP) is -1.83. The van der Waals surface area contributed by atoms with Gasteiger partial charge in [0.2, 0.25) is 5.91 Å². The number of amides is 1. The number of terminal acetylenes is 1. The fourth-order valence-corrected chi connectivity index (χ4v) is 2.89. The summed E-state index contributed by atoms with van der Waals surface area (Å²) in [5.41, 5.74) is 4.47. The fraction of sp³-hybridized carbons (Fsp3) is 0.452. The van der Waals surface area contributed by atoms with Crippen LogP contribution >= 0.6 is 7.82 Å². The molecule has 0 bridgehead atoms. The van der Waals surface area contributed by atoms with Gasteiger partial charge >= 0.3 is 71.1 Å². The maximum Gasteiger partial charge on any atom is 1.00 e. The SMILES string of the molecule is C#CC#CC#CC#CC#CC#CC#CC(=O)OC[C@H](COP(=O)([O-])[O-])OC(=O)CCCCCCCCCC.CC(N)=O.[HH].[HH].[HH].[HH].[HH].[HH].[HH].[HH].[HH].[HH].[HH].[HH].[HH].[Na+].[Na+]. The number of esters is 2. The van der Waals surface area contributed by atoms with Crippen LogP contribution in [0.1, 0.15) is 90.2 Å². The van der Waals surface area contributed by atoms with E-state index in [1.165, 1.54) is 26.2 Å². The molecule has 0 aromatic heterocycles. The van der Waals surface area contributed by atoms with Crippen LogP contribution in [-0.2, 0) is 32.9 Å². The van der Waals surface area contributed by atoms with Crippen LogP contribution in [0.5, 0.6) is 0 Å². The van der Waals surface area contributed by atoms with E-state index in [2.05, 4.69) is 94.1 Å². The van der Waals surface area contributed by atoms with E-state index in [1.807, 2.05) is 0 Å². The van der Waals surface area contributed by atoms with Crippen LogP contribution in [0.2, 0.25) is 0 Å². The molecule has 13 heteroatoms. The Hall–Kier alpha value is -2.56. The first-order chi connectivity index (χ1) is 20.0. The predicted molar refractivity (Wildman–Crippen MR) is 179 cm³/mol. The molecular formula is C31H58NNa2O9P. The minimum absolute atomic E-state index is 0. The Morgan fingerprint density at radius 2 is 1.23 bits per heavy atom. The fourth-order valence-electron chi connectivity index (χ4n) is 2.54. The van der Waals surface area contributed by atoms with Crippen molar-refractivity contribution in [2.75, 3.05) is 13.2 Å². The van der Waals surface area contributed by atoms with Gasteiger partial charge in [0, 0.05) is 37.8 Å². The molecule has 0 aromatic carbocycles. The van der Waals surface area contributed by atoms with Crippen LogP contribution in [0.3, 0.4) is 0 Å². The van der Waals surface area contributed by atoms with E-state index >= 15 is 0 Å². The number of phosphoric acid groups is 1. The zero-order chi connectivity index (χ0) is 31.9. The van der Waals surface area contributed by atoms with Gasteiger partial charge in [-0.1, -0.05) is 51.9 Å². The number of hydrogen-bond acceptors (Lipinski definition) is 9. The normalized spacial score (nSPS) is 8.89. The summed E-state index contributed by atoms with van der Waals surface area (Å²) in [6.45, 7) is 2.11. The quantitative estimate of drug-likeness (QED) is 0.0529. The molecule has 248 valence electrons. The molecule has 0 unspecified atom stereocenters. The van der Waals surface area contributed by atoms with Gasteiger partial charge < -0.3 is 34.1 Å². The molecule has 0 saturated carbocycles. The molecule has 0 aliphatic rings. The van der Waals surface area contributed by atoms with Gasteiger partial charge in [0.25, 0.3) is 0 Å². The molecular weight excluding hydrogens is 607 g/mol. The summed E-state index contributed by atoms with van der Waals surface area (Å²) in [6.07, 6.45) is 12.0. The molecule has 1 atom stereocenters. The van der Waals surface area contributed by atoms with Crippen LogP contribution in [-0.4, -0.2) is 37.2 Å². The third-order valence-corrected chi connectivity index (χ3v) is 4.68. The van der Waals surface area contributed by atoms with Gasteiger partial charge in [0.1, 0.15) is 6.61 Å². The first-order valence-corrected chi connectivity index (χ1v) is 14.2. The molecule has 0 heterocycles. The van der Waals surface area contributed by atoms with Crippen molar-refractivity contribution in [2.24, 2.45) is 5.73 Å². The van der Waals surface area contributed by atoms with E-state index in [4.69, 9.17) is 15.9 Å². The number of hydrogen-bond donors (Lipinski definition) is 1. The summed E-state index contributed by atoms with van der Waals surface area (Å²) in [4.78, 5) is 54.5. The zero-order valence-electron chi connectivity index (χ0n) is 25.6. The van der Waals surface area contributed by atoms with Crippen LogP contribution in [0.25, 0.3) is 0 Å². The minimum Gasteiger partial charge on any atom is -0.790 e. The molecule has 0 aromatic rings. The van der Waals surface area contributed by atoms with E-state index in [-0.39, 0.29) is 90.0 Å². The Morgan fingerprint density at radius 3 is 1.68 bits per heavy atom. The number of primary amides is 1. The number of ether oxygens (including phenoxy) is 2.